The van der Waals surface area contributed by atoms with Gasteiger partial charge >= 0.3 is 0 Å². The van der Waals surface area contributed by atoms with Gasteiger partial charge in [0.2, 0.25) is 5.91 Å². The van der Waals surface area contributed by atoms with Gasteiger partial charge in [-0.3, -0.25) is 9.69 Å². The normalized spacial score (nSPS) is 18.2. The first-order chi connectivity index (χ1) is 11.2. The smallest absolute Gasteiger partial charge is 0.221 e. The van der Waals surface area contributed by atoms with Crippen LogP contribution in [-0.4, -0.2) is 28.9 Å². The molecule has 1 aliphatic heterocycles. The molecule has 0 radical (unpaired) electrons. The molecule has 1 saturated heterocycles. The summed E-state index contributed by atoms with van der Waals surface area (Å²) >= 11 is 6.10. The summed E-state index contributed by atoms with van der Waals surface area (Å²) < 4.78 is 0. The molecule has 2 heterocycles. The molecule has 23 heavy (non-hydrogen) atoms. The van der Waals surface area contributed by atoms with E-state index in [1.807, 2.05) is 36.5 Å². The molecule has 1 fully saturated rings. The van der Waals surface area contributed by atoms with E-state index in [9.17, 15) is 4.79 Å². The van der Waals surface area contributed by atoms with Crippen molar-refractivity contribution >= 4 is 17.5 Å². The lowest BCUT2D eigenvalue weighted by Crippen LogP contribution is -2.30. The lowest BCUT2D eigenvalue weighted by atomic mass is 10.1. The summed E-state index contributed by atoms with van der Waals surface area (Å²) in [6, 6.07) is 12.2. The maximum Gasteiger partial charge on any atom is 0.221 e. The van der Waals surface area contributed by atoms with Crippen LogP contribution in [-0.2, 0) is 11.3 Å². The van der Waals surface area contributed by atoms with Crippen molar-refractivity contribution in [2.75, 3.05) is 13.1 Å². The zero-order chi connectivity index (χ0) is 16.1. The highest BCUT2D eigenvalue weighted by Gasteiger charge is 2.26. The Balaban J connectivity index is 1.46. The molecule has 3 rings (SSSR count). The van der Waals surface area contributed by atoms with Crippen LogP contribution in [0.5, 0.6) is 0 Å². The monoisotopic (exact) mass is 331 g/mol. The van der Waals surface area contributed by atoms with Crippen LogP contribution in [0.4, 0.5) is 0 Å². The van der Waals surface area contributed by atoms with Crippen LogP contribution >= 0.6 is 11.6 Å². The molecular weight excluding hydrogens is 310 g/mol. The average Bonchev–Trinajstić information content (AvgIpc) is 3.22. The minimum atomic E-state index is 0.0713. The highest BCUT2D eigenvalue weighted by Crippen LogP contribution is 2.30. The molecule has 122 valence electrons. The van der Waals surface area contributed by atoms with Crippen LogP contribution < -0.4 is 5.32 Å². The Morgan fingerprint density at radius 2 is 2.17 bits per heavy atom. The number of aromatic nitrogens is 1. The van der Waals surface area contributed by atoms with E-state index < -0.39 is 0 Å². The fourth-order valence-electron chi connectivity index (χ4n) is 3.17. The second kappa shape index (κ2) is 7.66. The summed E-state index contributed by atoms with van der Waals surface area (Å²) in [5.74, 6) is 0.0713. The number of aromatic amines is 1. The van der Waals surface area contributed by atoms with Gasteiger partial charge in [-0.1, -0.05) is 29.8 Å². The van der Waals surface area contributed by atoms with E-state index in [0.717, 1.165) is 25.1 Å². The predicted molar refractivity (Wildman–Crippen MR) is 92.3 cm³/mol. The summed E-state index contributed by atoms with van der Waals surface area (Å²) in [7, 11) is 0. The minimum Gasteiger partial charge on any atom is -0.364 e. The molecule has 1 atom stereocenters. The molecule has 2 aromatic rings. The van der Waals surface area contributed by atoms with Gasteiger partial charge in [-0.05, 0) is 43.1 Å². The van der Waals surface area contributed by atoms with Crippen molar-refractivity contribution in [3.63, 3.8) is 0 Å². The number of hydrogen-bond acceptors (Lipinski definition) is 2. The second-order valence-electron chi connectivity index (χ2n) is 5.94. The first-order valence-electron chi connectivity index (χ1n) is 8.11. The Hall–Kier alpha value is -1.78. The molecule has 2 N–H and O–H groups in total. The van der Waals surface area contributed by atoms with E-state index in [2.05, 4.69) is 21.3 Å². The minimum absolute atomic E-state index is 0.0713. The number of hydrogen-bond donors (Lipinski definition) is 2. The third-order valence-corrected chi connectivity index (χ3v) is 4.77. The molecule has 0 spiro atoms. The third kappa shape index (κ3) is 4.15. The molecule has 0 aliphatic carbocycles. The number of H-pyrrole nitrogens is 1. The molecule has 0 saturated carbocycles. The number of nitrogens with zero attached hydrogens (tertiary/aromatic N) is 1. The van der Waals surface area contributed by atoms with Crippen molar-refractivity contribution in [2.45, 2.75) is 31.8 Å². The number of rotatable bonds is 6. The zero-order valence-electron chi connectivity index (χ0n) is 13.1. The van der Waals surface area contributed by atoms with E-state index in [1.165, 1.54) is 12.1 Å². The van der Waals surface area contributed by atoms with Crippen LogP contribution in [0, 0.1) is 0 Å². The molecule has 1 amide bonds. The average molecular weight is 332 g/mol. The number of nitrogens with one attached hydrogen (secondary N) is 2. The summed E-state index contributed by atoms with van der Waals surface area (Å²) in [6.45, 7) is 2.33. The molecule has 5 heteroatoms. The molecule has 4 nitrogen and oxygen atoms in total. The van der Waals surface area contributed by atoms with Gasteiger partial charge < -0.3 is 10.3 Å². The van der Waals surface area contributed by atoms with Crippen LogP contribution in [0.25, 0.3) is 0 Å². The number of amides is 1. The Bertz CT molecular complexity index is 641. The number of likely N-dealkylation sites (tertiary alicyclic amines) is 1. The van der Waals surface area contributed by atoms with Crippen LogP contribution in [0.1, 0.15) is 36.6 Å². The van der Waals surface area contributed by atoms with Gasteiger partial charge in [-0.2, -0.15) is 0 Å². The third-order valence-electron chi connectivity index (χ3n) is 4.40. The van der Waals surface area contributed by atoms with Crippen LogP contribution in [0.3, 0.4) is 0 Å². The fourth-order valence-corrected chi connectivity index (χ4v) is 3.37. The Kier molecular flexibility index (Phi) is 5.36. The van der Waals surface area contributed by atoms with Crippen molar-refractivity contribution in [1.29, 1.82) is 0 Å². The van der Waals surface area contributed by atoms with Crippen molar-refractivity contribution in [1.82, 2.24) is 15.2 Å². The fraction of sp³-hybridized carbons (Fsp3) is 0.389. The van der Waals surface area contributed by atoms with E-state index in [4.69, 9.17) is 11.6 Å². The molecule has 1 aromatic carbocycles. The molecule has 1 aliphatic rings. The van der Waals surface area contributed by atoms with Crippen molar-refractivity contribution in [3.8, 4) is 0 Å². The molecule has 1 aromatic heterocycles. The lowest BCUT2D eigenvalue weighted by molar-refractivity contribution is -0.121. The van der Waals surface area contributed by atoms with Crippen molar-refractivity contribution in [3.05, 3.63) is 58.9 Å². The number of benzene rings is 1. The van der Waals surface area contributed by atoms with Crippen LogP contribution in [0.15, 0.2) is 42.6 Å². The summed E-state index contributed by atoms with van der Waals surface area (Å²) in [5, 5.41) is 3.65. The van der Waals surface area contributed by atoms with Gasteiger partial charge in [0.15, 0.2) is 0 Å². The highest BCUT2D eigenvalue weighted by atomic mass is 35.5. The first-order valence-corrected chi connectivity index (χ1v) is 8.49. The SMILES string of the molecule is O=C(CCN1CCC[C@H]1c1ccc[nH]1)NCc1ccccc1Cl. The maximum atomic E-state index is 12.1. The standard InChI is InChI=1S/C18H22ClN3O/c19-15-6-2-1-5-14(15)13-21-18(23)9-12-22-11-4-8-17(22)16-7-3-10-20-16/h1-3,5-7,10,17,20H,4,8-9,11-13H2,(H,21,23)/t17-/m0/s1. The quantitative estimate of drug-likeness (QED) is 0.851. The predicted octanol–water partition coefficient (Wildman–Crippen LogP) is 3.51. The van der Waals surface area contributed by atoms with Gasteiger partial charge in [0.1, 0.15) is 0 Å². The molecular formula is C18H22ClN3O. The number of carbonyl (C=O) groups is 1. The van der Waals surface area contributed by atoms with Gasteiger partial charge in [-0.25, -0.2) is 0 Å². The number of carbonyl (C=O) groups excluding carboxylic acids is 1. The van der Waals surface area contributed by atoms with Crippen molar-refractivity contribution < 1.29 is 4.79 Å². The van der Waals surface area contributed by atoms with Gasteiger partial charge in [-0.15, -0.1) is 0 Å². The highest BCUT2D eigenvalue weighted by molar-refractivity contribution is 6.31. The summed E-state index contributed by atoms with van der Waals surface area (Å²) in [5.41, 5.74) is 2.20. The Morgan fingerprint density at radius 1 is 1.30 bits per heavy atom. The Labute approximate surface area is 141 Å². The number of halogens is 1. The van der Waals surface area contributed by atoms with E-state index in [0.29, 0.717) is 24.0 Å². The van der Waals surface area contributed by atoms with Crippen molar-refractivity contribution in [2.24, 2.45) is 0 Å². The maximum absolute atomic E-state index is 12.1. The second-order valence-corrected chi connectivity index (χ2v) is 6.34. The van der Waals surface area contributed by atoms with Crippen LogP contribution in [0.2, 0.25) is 5.02 Å². The lowest BCUT2D eigenvalue weighted by Gasteiger charge is -2.23. The molecule has 0 unspecified atom stereocenters. The van der Waals surface area contributed by atoms with E-state index in [-0.39, 0.29) is 5.91 Å². The van der Waals surface area contributed by atoms with E-state index >= 15 is 0 Å². The summed E-state index contributed by atoms with van der Waals surface area (Å²) in [6.07, 6.45) is 4.82. The zero-order valence-corrected chi connectivity index (χ0v) is 13.9. The van der Waals surface area contributed by atoms with Gasteiger partial charge in [0.05, 0.1) is 0 Å². The molecule has 0 bridgehead atoms. The summed E-state index contributed by atoms with van der Waals surface area (Å²) in [4.78, 5) is 17.8. The van der Waals surface area contributed by atoms with E-state index in [1.54, 1.807) is 0 Å². The Morgan fingerprint density at radius 3 is 2.96 bits per heavy atom. The van der Waals surface area contributed by atoms with Gasteiger partial charge in [0.25, 0.3) is 0 Å². The largest absolute Gasteiger partial charge is 0.364 e. The first kappa shape index (κ1) is 16.1. The topological polar surface area (TPSA) is 48.1 Å². The van der Waals surface area contributed by atoms with Gasteiger partial charge in [0, 0.05) is 42.5 Å².